The SMILES string of the molecule is CCCc1ccc(-c2ccc(CCC3CC=C(c4ccc(CC)cc4F)CC3)c(F)c2F)cc1. The molecule has 178 valence electrons. The lowest BCUT2D eigenvalue weighted by atomic mass is 9.83. The number of halogens is 3. The van der Waals surface area contributed by atoms with Crippen molar-refractivity contribution in [3.05, 3.63) is 100 Å². The smallest absolute Gasteiger partial charge is 0.166 e. The lowest BCUT2D eigenvalue weighted by molar-refractivity contribution is 0.439. The second-order valence-corrected chi connectivity index (χ2v) is 9.42. The monoisotopic (exact) mass is 462 g/mol. The summed E-state index contributed by atoms with van der Waals surface area (Å²) < 4.78 is 44.2. The molecule has 0 fully saturated rings. The Kier molecular flexibility index (Phi) is 7.92. The fourth-order valence-corrected chi connectivity index (χ4v) is 4.94. The van der Waals surface area contributed by atoms with Crippen molar-refractivity contribution in [2.45, 2.75) is 65.2 Å². The summed E-state index contributed by atoms with van der Waals surface area (Å²) in [6.07, 6.45) is 8.88. The Hall–Kier alpha value is -2.81. The largest absolute Gasteiger partial charge is 0.206 e. The fourth-order valence-electron chi connectivity index (χ4n) is 4.94. The summed E-state index contributed by atoms with van der Waals surface area (Å²) in [5.41, 5.74) is 5.40. The first-order chi connectivity index (χ1) is 16.5. The average Bonchev–Trinajstić information content (AvgIpc) is 2.86. The second kappa shape index (κ2) is 11.1. The molecule has 3 heteroatoms. The van der Waals surface area contributed by atoms with Crippen molar-refractivity contribution in [1.29, 1.82) is 0 Å². The van der Waals surface area contributed by atoms with Crippen LogP contribution < -0.4 is 0 Å². The van der Waals surface area contributed by atoms with Crippen LogP contribution in [0.25, 0.3) is 16.7 Å². The number of aryl methyl sites for hydroxylation is 3. The first-order valence-corrected chi connectivity index (χ1v) is 12.5. The van der Waals surface area contributed by atoms with Gasteiger partial charge in [-0.05, 0) is 84.8 Å². The van der Waals surface area contributed by atoms with Crippen LogP contribution in [0, 0.1) is 23.4 Å². The zero-order chi connectivity index (χ0) is 24.1. The number of hydrogen-bond acceptors (Lipinski definition) is 0. The van der Waals surface area contributed by atoms with Crippen LogP contribution in [0.4, 0.5) is 13.2 Å². The van der Waals surface area contributed by atoms with Gasteiger partial charge in [-0.3, -0.25) is 0 Å². The molecule has 0 aromatic heterocycles. The van der Waals surface area contributed by atoms with Crippen LogP contribution in [-0.2, 0) is 19.3 Å². The highest BCUT2D eigenvalue weighted by Crippen LogP contribution is 2.35. The Balaban J connectivity index is 1.39. The summed E-state index contributed by atoms with van der Waals surface area (Å²) in [5, 5.41) is 0. The Morgan fingerprint density at radius 3 is 2.18 bits per heavy atom. The maximum atomic E-state index is 14.9. The normalized spacial score (nSPS) is 15.9. The average molecular weight is 463 g/mol. The number of rotatable bonds is 8. The molecule has 34 heavy (non-hydrogen) atoms. The van der Waals surface area contributed by atoms with Crippen LogP contribution in [0.3, 0.4) is 0 Å². The van der Waals surface area contributed by atoms with E-state index in [1.165, 1.54) is 5.56 Å². The molecule has 0 N–H and O–H groups in total. The first kappa shape index (κ1) is 24.3. The van der Waals surface area contributed by atoms with Crippen molar-refractivity contribution < 1.29 is 13.2 Å². The van der Waals surface area contributed by atoms with Crippen molar-refractivity contribution in [1.82, 2.24) is 0 Å². The predicted molar refractivity (Wildman–Crippen MR) is 135 cm³/mol. The van der Waals surface area contributed by atoms with E-state index in [4.69, 9.17) is 0 Å². The third-order valence-corrected chi connectivity index (χ3v) is 7.10. The van der Waals surface area contributed by atoms with Gasteiger partial charge < -0.3 is 0 Å². The summed E-state index contributed by atoms with van der Waals surface area (Å²) >= 11 is 0. The molecule has 3 aromatic carbocycles. The summed E-state index contributed by atoms with van der Waals surface area (Å²) in [7, 11) is 0. The number of allylic oxidation sites excluding steroid dienone is 2. The van der Waals surface area contributed by atoms with E-state index in [0.29, 0.717) is 34.6 Å². The van der Waals surface area contributed by atoms with Crippen LogP contribution >= 0.6 is 0 Å². The van der Waals surface area contributed by atoms with Gasteiger partial charge in [0.1, 0.15) is 5.82 Å². The van der Waals surface area contributed by atoms with Gasteiger partial charge in [-0.15, -0.1) is 0 Å². The summed E-state index contributed by atoms with van der Waals surface area (Å²) in [6, 6.07) is 16.6. The van der Waals surface area contributed by atoms with E-state index >= 15 is 0 Å². The van der Waals surface area contributed by atoms with E-state index in [9.17, 15) is 13.2 Å². The fraction of sp³-hybridized carbons (Fsp3) is 0.355. The van der Waals surface area contributed by atoms with E-state index in [-0.39, 0.29) is 5.82 Å². The second-order valence-electron chi connectivity index (χ2n) is 9.42. The molecule has 3 aromatic rings. The predicted octanol–water partition coefficient (Wildman–Crippen LogP) is 9.10. The van der Waals surface area contributed by atoms with Crippen LogP contribution in [0.1, 0.15) is 68.2 Å². The molecule has 0 aliphatic heterocycles. The van der Waals surface area contributed by atoms with E-state index in [1.807, 2.05) is 43.3 Å². The van der Waals surface area contributed by atoms with Gasteiger partial charge in [-0.25, -0.2) is 13.2 Å². The molecule has 0 heterocycles. The third-order valence-electron chi connectivity index (χ3n) is 7.10. The topological polar surface area (TPSA) is 0 Å². The van der Waals surface area contributed by atoms with Gasteiger partial charge in [0.2, 0.25) is 0 Å². The molecule has 1 aliphatic carbocycles. The maximum absolute atomic E-state index is 14.9. The van der Waals surface area contributed by atoms with Crippen molar-refractivity contribution in [2.24, 2.45) is 5.92 Å². The molecule has 4 rings (SSSR count). The molecule has 0 nitrogen and oxygen atoms in total. The molecular formula is C31H33F3. The zero-order valence-electron chi connectivity index (χ0n) is 20.1. The minimum Gasteiger partial charge on any atom is -0.206 e. The van der Waals surface area contributed by atoms with Crippen molar-refractivity contribution in [3.8, 4) is 11.1 Å². The molecule has 1 aliphatic rings. The highest BCUT2D eigenvalue weighted by atomic mass is 19.2. The molecule has 1 unspecified atom stereocenters. The highest BCUT2D eigenvalue weighted by Gasteiger charge is 2.20. The molecule has 1 atom stereocenters. The molecule has 0 amide bonds. The number of hydrogen-bond donors (Lipinski definition) is 0. The summed E-state index contributed by atoms with van der Waals surface area (Å²) in [5.74, 6) is -1.26. The Morgan fingerprint density at radius 1 is 0.794 bits per heavy atom. The lowest BCUT2D eigenvalue weighted by Crippen LogP contribution is -2.08. The van der Waals surface area contributed by atoms with E-state index < -0.39 is 11.6 Å². The standard InChI is InChI=1S/C31H33F3/c1-3-5-22-6-14-25(15-7-22)28-19-17-26(30(33)31(28)34)16-10-23-8-12-24(13-9-23)27-18-11-21(4-2)20-29(27)32/h6-7,11-12,14-15,17-20,23H,3-5,8-10,13,16H2,1-2H3. The maximum Gasteiger partial charge on any atom is 0.166 e. The molecular weight excluding hydrogens is 429 g/mol. The van der Waals surface area contributed by atoms with Crippen LogP contribution in [-0.4, -0.2) is 0 Å². The number of benzene rings is 3. The molecule has 0 radical (unpaired) electrons. The molecule has 0 spiro atoms. The minimum atomic E-state index is -0.766. The molecule has 0 saturated carbocycles. The summed E-state index contributed by atoms with van der Waals surface area (Å²) in [6.45, 7) is 4.14. The third kappa shape index (κ3) is 5.46. The van der Waals surface area contributed by atoms with Crippen LogP contribution in [0.15, 0.2) is 60.7 Å². The van der Waals surface area contributed by atoms with Crippen molar-refractivity contribution in [3.63, 3.8) is 0 Å². The van der Waals surface area contributed by atoms with Gasteiger partial charge in [-0.2, -0.15) is 0 Å². The van der Waals surface area contributed by atoms with Crippen molar-refractivity contribution >= 4 is 5.57 Å². The summed E-state index contributed by atoms with van der Waals surface area (Å²) in [4.78, 5) is 0. The van der Waals surface area contributed by atoms with E-state index in [2.05, 4.69) is 13.0 Å². The van der Waals surface area contributed by atoms with Gasteiger partial charge in [0, 0.05) is 11.1 Å². The molecule has 0 saturated heterocycles. The lowest BCUT2D eigenvalue weighted by Gasteiger charge is -2.23. The Labute approximate surface area is 201 Å². The van der Waals surface area contributed by atoms with E-state index in [1.54, 1.807) is 18.2 Å². The van der Waals surface area contributed by atoms with Crippen LogP contribution in [0.5, 0.6) is 0 Å². The van der Waals surface area contributed by atoms with Crippen LogP contribution in [0.2, 0.25) is 0 Å². The highest BCUT2D eigenvalue weighted by molar-refractivity contribution is 5.67. The van der Waals surface area contributed by atoms with Gasteiger partial charge >= 0.3 is 0 Å². The molecule has 0 bridgehead atoms. The van der Waals surface area contributed by atoms with Gasteiger partial charge in [0.05, 0.1) is 0 Å². The Bertz CT molecular complexity index is 1160. The zero-order valence-corrected chi connectivity index (χ0v) is 20.1. The van der Waals surface area contributed by atoms with Gasteiger partial charge in [0.25, 0.3) is 0 Å². The van der Waals surface area contributed by atoms with Gasteiger partial charge in [0.15, 0.2) is 11.6 Å². The Morgan fingerprint density at radius 2 is 1.53 bits per heavy atom. The van der Waals surface area contributed by atoms with Gasteiger partial charge in [-0.1, -0.05) is 74.9 Å². The van der Waals surface area contributed by atoms with Crippen molar-refractivity contribution in [2.75, 3.05) is 0 Å². The minimum absolute atomic E-state index is 0.151. The first-order valence-electron chi connectivity index (χ1n) is 12.5. The quantitative estimate of drug-likeness (QED) is 0.313. The van der Waals surface area contributed by atoms with E-state index in [0.717, 1.165) is 56.1 Å².